The lowest BCUT2D eigenvalue weighted by Crippen LogP contribution is -2.29. The van der Waals surface area contributed by atoms with E-state index < -0.39 is 5.91 Å². The highest BCUT2D eigenvalue weighted by Gasteiger charge is 2.23. The van der Waals surface area contributed by atoms with Gasteiger partial charge in [-0.2, -0.15) is 10.6 Å². The molecule has 32 heavy (non-hydrogen) atoms. The molecule has 0 saturated heterocycles. The van der Waals surface area contributed by atoms with E-state index in [4.69, 9.17) is 9.25 Å². The van der Waals surface area contributed by atoms with Crippen molar-refractivity contribution in [1.29, 1.82) is 0 Å². The second-order valence-corrected chi connectivity index (χ2v) is 7.16. The summed E-state index contributed by atoms with van der Waals surface area (Å²) in [6, 6.07) is 6.58. The Labute approximate surface area is 183 Å². The van der Waals surface area contributed by atoms with Crippen LogP contribution in [0.1, 0.15) is 39.2 Å². The first-order valence-corrected chi connectivity index (χ1v) is 9.97. The first-order valence-electron chi connectivity index (χ1n) is 9.97. The molecule has 10 nitrogen and oxygen atoms in total. The zero-order valence-corrected chi connectivity index (χ0v) is 18.1. The van der Waals surface area contributed by atoms with E-state index in [9.17, 15) is 9.59 Å². The normalized spacial score (nSPS) is 10.9. The van der Waals surface area contributed by atoms with Crippen LogP contribution in [0.25, 0.3) is 11.0 Å². The van der Waals surface area contributed by atoms with E-state index in [1.165, 1.54) is 17.3 Å². The Morgan fingerprint density at radius 1 is 1.25 bits per heavy atom. The Morgan fingerprint density at radius 2 is 2.00 bits per heavy atom. The summed E-state index contributed by atoms with van der Waals surface area (Å²) in [6.45, 7) is 3.84. The van der Waals surface area contributed by atoms with E-state index in [0.717, 1.165) is 5.56 Å². The maximum Gasteiger partial charge on any atom is 0.321 e. The lowest BCUT2D eigenvalue weighted by molar-refractivity contribution is 0.0751. The smallest absolute Gasteiger partial charge is 0.321 e. The number of anilines is 1. The van der Waals surface area contributed by atoms with E-state index in [1.54, 1.807) is 49.2 Å². The number of amides is 2. The third-order valence-electron chi connectivity index (χ3n) is 5.03. The quantitative estimate of drug-likeness (QED) is 0.464. The molecule has 0 aliphatic carbocycles. The number of furan rings is 1. The number of carbonyl (C=O) groups excluding carboxylic acids is 2. The fourth-order valence-corrected chi connectivity index (χ4v) is 3.44. The Morgan fingerprint density at radius 3 is 2.66 bits per heavy atom. The second-order valence-electron chi connectivity index (χ2n) is 7.16. The molecule has 4 rings (SSSR count). The van der Waals surface area contributed by atoms with Crippen LogP contribution in [0.2, 0.25) is 0 Å². The van der Waals surface area contributed by atoms with Crippen molar-refractivity contribution in [2.24, 2.45) is 7.05 Å². The van der Waals surface area contributed by atoms with Gasteiger partial charge in [0.2, 0.25) is 5.82 Å². The number of hydrogen-bond acceptors (Lipinski definition) is 7. The molecule has 3 heterocycles. The van der Waals surface area contributed by atoms with Crippen LogP contribution >= 0.6 is 0 Å². The molecular weight excluding hydrogens is 412 g/mol. The van der Waals surface area contributed by atoms with Crippen molar-refractivity contribution in [2.75, 3.05) is 11.9 Å². The van der Waals surface area contributed by atoms with E-state index in [0.29, 0.717) is 40.3 Å². The van der Waals surface area contributed by atoms with Crippen LogP contribution in [0.3, 0.4) is 0 Å². The van der Waals surface area contributed by atoms with Crippen molar-refractivity contribution in [3.63, 3.8) is 0 Å². The molecule has 3 aromatic heterocycles. The minimum absolute atomic E-state index is 0.0371. The SMILES string of the molecule is CCc1c(C)oc2cc(C(=O)N(C)c3ccn(C)n3)cc(ONC(=O)c3ncccn3)c12. The summed E-state index contributed by atoms with van der Waals surface area (Å²) in [5.41, 5.74) is 4.09. The summed E-state index contributed by atoms with van der Waals surface area (Å²) >= 11 is 0. The van der Waals surface area contributed by atoms with E-state index in [2.05, 4.69) is 20.5 Å². The average molecular weight is 434 g/mol. The van der Waals surface area contributed by atoms with Crippen LogP contribution in [-0.4, -0.2) is 38.6 Å². The van der Waals surface area contributed by atoms with Crippen molar-refractivity contribution in [2.45, 2.75) is 20.3 Å². The average Bonchev–Trinajstić information content (AvgIpc) is 3.38. The van der Waals surface area contributed by atoms with Gasteiger partial charge in [-0.25, -0.2) is 9.97 Å². The number of rotatable bonds is 6. The number of carbonyl (C=O) groups is 2. The first kappa shape index (κ1) is 21.0. The number of benzene rings is 1. The second kappa shape index (κ2) is 8.50. The number of aryl methyl sites for hydroxylation is 3. The highest BCUT2D eigenvalue weighted by atomic mass is 16.7. The van der Waals surface area contributed by atoms with E-state index >= 15 is 0 Å². The Hall–Kier alpha value is -4.21. The van der Waals surface area contributed by atoms with Gasteiger partial charge in [0.25, 0.3) is 5.91 Å². The fourth-order valence-electron chi connectivity index (χ4n) is 3.44. The van der Waals surface area contributed by atoms with Gasteiger partial charge < -0.3 is 9.25 Å². The molecule has 2 amide bonds. The van der Waals surface area contributed by atoms with Crippen molar-refractivity contribution >= 4 is 28.6 Å². The molecule has 0 spiro atoms. The largest absolute Gasteiger partial charge is 0.461 e. The zero-order chi connectivity index (χ0) is 22.8. The molecule has 0 saturated carbocycles. The van der Waals surface area contributed by atoms with Crippen LogP contribution < -0.4 is 15.2 Å². The predicted octanol–water partition coefficient (Wildman–Crippen LogP) is 2.83. The number of fused-ring (bicyclic) bond motifs is 1. The number of nitrogens with zero attached hydrogens (tertiary/aromatic N) is 5. The Kier molecular flexibility index (Phi) is 5.59. The first-order chi connectivity index (χ1) is 15.4. The van der Waals surface area contributed by atoms with E-state index in [1.807, 2.05) is 13.8 Å². The molecule has 0 fully saturated rings. The summed E-state index contributed by atoms with van der Waals surface area (Å²) in [6.07, 6.45) is 5.36. The molecule has 1 aromatic carbocycles. The van der Waals surface area contributed by atoms with Gasteiger partial charge in [-0.05, 0) is 31.5 Å². The standard InChI is InChI=1S/C22H22N6O4/c1-5-15-13(2)31-16-11-14(22(30)28(4)18-7-10-27(3)25-18)12-17(19(15)16)32-26-21(29)20-23-8-6-9-24-20/h6-12H,5H2,1-4H3,(H,26,29). The fraction of sp³-hybridized carbons (Fsp3) is 0.227. The third-order valence-corrected chi connectivity index (χ3v) is 5.03. The molecule has 0 aliphatic rings. The lowest BCUT2D eigenvalue weighted by atomic mass is 10.0. The maximum absolute atomic E-state index is 13.1. The molecule has 0 unspecified atom stereocenters. The van der Waals surface area contributed by atoms with Gasteiger partial charge in [0.05, 0.1) is 5.39 Å². The number of hydroxylamine groups is 1. The predicted molar refractivity (Wildman–Crippen MR) is 116 cm³/mol. The van der Waals surface area contributed by atoms with Gasteiger partial charge in [0.1, 0.15) is 11.3 Å². The summed E-state index contributed by atoms with van der Waals surface area (Å²) in [4.78, 5) is 40.4. The summed E-state index contributed by atoms with van der Waals surface area (Å²) in [5, 5.41) is 4.95. The van der Waals surface area contributed by atoms with Crippen molar-refractivity contribution < 1.29 is 18.8 Å². The number of hydrogen-bond donors (Lipinski definition) is 1. The van der Waals surface area contributed by atoms with Crippen molar-refractivity contribution in [3.05, 3.63) is 65.6 Å². The van der Waals surface area contributed by atoms with Crippen LogP contribution in [-0.2, 0) is 13.5 Å². The molecule has 0 radical (unpaired) electrons. The van der Waals surface area contributed by atoms with Crippen LogP contribution in [0.4, 0.5) is 5.82 Å². The molecule has 0 bridgehead atoms. The highest BCUT2D eigenvalue weighted by Crippen LogP contribution is 2.35. The minimum atomic E-state index is -0.612. The lowest BCUT2D eigenvalue weighted by Gasteiger charge is -2.15. The monoisotopic (exact) mass is 434 g/mol. The van der Waals surface area contributed by atoms with Crippen molar-refractivity contribution in [1.82, 2.24) is 25.2 Å². The maximum atomic E-state index is 13.1. The summed E-state index contributed by atoms with van der Waals surface area (Å²) in [5.74, 6) is 0.551. The highest BCUT2D eigenvalue weighted by molar-refractivity contribution is 6.08. The van der Waals surface area contributed by atoms with Gasteiger partial charge in [-0.15, -0.1) is 0 Å². The topological polar surface area (TPSA) is 115 Å². The molecule has 0 atom stereocenters. The molecular formula is C22H22N6O4. The van der Waals surface area contributed by atoms with Crippen molar-refractivity contribution in [3.8, 4) is 5.75 Å². The number of nitrogens with one attached hydrogen (secondary N) is 1. The van der Waals surface area contributed by atoms with E-state index in [-0.39, 0.29) is 11.7 Å². The molecule has 4 aromatic rings. The third kappa shape index (κ3) is 3.89. The van der Waals surface area contributed by atoms with Gasteiger partial charge in [-0.3, -0.25) is 19.2 Å². The Bertz CT molecular complexity index is 1290. The molecule has 164 valence electrons. The number of aromatic nitrogens is 4. The zero-order valence-electron chi connectivity index (χ0n) is 18.1. The Balaban J connectivity index is 1.71. The summed E-state index contributed by atoms with van der Waals surface area (Å²) in [7, 11) is 3.41. The molecule has 0 aliphatic heterocycles. The minimum Gasteiger partial charge on any atom is -0.461 e. The van der Waals surface area contributed by atoms with Crippen LogP contribution in [0, 0.1) is 6.92 Å². The van der Waals surface area contributed by atoms with Gasteiger partial charge in [-0.1, -0.05) is 6.92 Å². The van der Waals surface area contributed by atoms with Crippen LogP contribution in [0.15, 0.2) is 47.3 Å². The van der Waals surface area contributed by atoms with Gasteiger partial charge >= 0.3 is 5.91 Å². The van der Waals surface area contributed by atoms with Crippen LogP contribution in [0.5, 0.6) is 5.75 Å². The molecule has 10 heteroatoms. The van der Waals surface area contributed by atoms with Gasteiger partial charge in [0, 0.05) is 49.9 Å². The van der Waals surface area contributed by atoms with Gasteiger partial charge in [0.15, 0.2) is 11.6 Å². The molecule has 1 N–H and O–H groups in total. The summed E-state index contributed by atoms with van der Waals surface area (Å²) < 4.78 is 7.51.